The van der Waals surface area contributed by atoms with Crippen LogP contribution in [-0.2, 0) is 4.74 Å². The smallest absolute Gasteiger partial charge is 0.275 e. The molecule has 1 fully saturated rings. The number of methoxy groups -OCH3 is 1. The molecular weight excluding hydrogens is 310 g/mol. The van der Waals surface area contributed by atoms with E-state index in [1.807, 2.05) is 6.07 Å². The minimum atomic E-state index is -0.396. The highest BCUT2D eigenvalue weighted by molar-refractivity contribution is 5.94. The van der Waals surface area contributed by atoms with Crippen molar-refractivity contribution in [2.45, 2.75) is 18.9 Å². The highest BCUT2D eigenvalue weighted by Gasteiger charge is 2.21. The highest BCUT2D eigenvalue weighted by atomic mass is 16.5. The van der Waals surface area contributed by atoms with Crippen molar-refractivity contribution in [3.63, 3.8) is 0 Å². The largest absolute Gasteiger partial charge is 0.494 e. The fourth-order valence-electron chi connectivity index (χ4n) is 2.60. The molecule has 126 valence electrons. The molecule has 24 heavy (non-hydrogen) atoms. The maximum atomic E-state index is 12.5. The Bertz CT molecular complexity index is 767. The number of benzene rings is 1. The van der Waals surface area contributed by atoms with Crippen molar-refractivity contribution >= 4 is 5.91 Å². The molecule has 7 heteroatoms. The first kappa shape index (κ1) is 16.2. The SMILES string of the molecule is COc1cc(=O)n(-c2ccccc2)nc1C(=O)NCC1CCCO1. The number of aromatic nitrogens is 2. The maximum Gasteiger partial charge on any atom is 0.275 e. The summed E-state index contributed by atoms with van der Waals surface area (Å²) in [5.74, 6) is -0.246. The lowest BCUT2D eigenvalue weighted by atomic mass is 10.2. The van der Waals surface area contributed by atoms with E-state index in [1.165, 1.54) is 17.9 Å². The van der Waals surface area contributed by atoms with E-state index in [1.54, 1.807) is 24.3 Å². The van der Waals surface area contributed by atoms with Gasteiger partial charge < -0.3 is 14.8 Å². The van der Waals surface area contributed by atoms with Crippen LogP contribution in [0.15, 0.2) is 41.2 Å². The minimum absolute atomic E-state index is 0.0278. The number of carbonyl (C=O) groups is 1. The molecule has 1 aromatic carbocycles. The molecule has 7 nitrogen and oxygen atoms in total. The lowest BCUT2D eigenvalue weighted by Crippen LogP contribution is -2.34. The van der Waals surface area contributed by atoms with Crippen molar-refractivity contribution in [1.82, 2.24) is 15.1 Å². The third-order valence-electron chi connectivity index (χ3n) is 3.85. The molecule has 3 rings (SSSR count). The number of carbonyl (C=O) groups excluding carboxylic acids is 1. The van der Waals surface area contributed by atoms with Crippen LogP contribution in [0.25, 0.3) is 5.69 Å². The fraction of sp³-hybridized carbons (Fsp3) is 0.353. The predicted octanol–water partition coefficient (Wildman–Crippen LogP) is 1.15. The zero-order chi connectivity index (χ0) is 16.9. The van der Waals surface area contributed by atoms with Gasteiger partial charge in [-0.25, -0.2) is 0 Å². The molecule has 0 bridgehead atoms. The summed E-state index contributed by atoms with van der Waals surface area (Å²) in [6.45, 7) is 1.13. The number of hydrogen-bond acceptors (Lipinski definition) is 5. The Balaban J connectivity index is 1.87. The van der Waals surface area contributed by atoms with Crippen LogP contribution in [0.5, 0.6) is 5.75 Å². The number of nitrogens with one attached hydrogen (secondary N) is 1. The van der Waals surface area contributed by atoms with Gasteiger partial charge in [-0.3, -0.25) is 9.59 Å². The van der Waals surface area contributed by atoms with E-state index in [2.05, 4.69) is 10.4 Å². The standard InChI is InChI=1S/C17H19N3O4/c1-23-14-10-15(21)20(12-6-3-2-4-7-12)19-16(14)17(22)18-11-13-8-5-9-24-13/h2-4,6-7,10,13H,5,8-9,11H2,1H3,(H,18,22). The second kappa shape index (κ2) is 7.27. The zero-order valence-electron chi connectivity index (χ0n) is 13.4. The molecule has 0 aliphatic carbocycles. The van der Waals surface area contributed by atoms with Crippen LogP contribution >= 0.6 is 0 Å². The Kier molecular flexibility index (Phi) is 4.90. The van der Waals surface area contributed by atoms with Crippen LogP contribution in [0.3, 0.4) is 0 Å². The van der Waals surface area contributed by atoms with Crippen molar-refractivity contribution in [3.05, 3.63) is 52.4 Å². The maximum absolute atomic E-state index is 12.5. The van der Waals surface area contributed by atoms with Gasteiger partial charge in [-0.2, -0.15) is 9.78 Å². The molecule has 0 saturated carbocycles. The van der Waals surface area contributed by atoms with Crippen molar-refractivity contribution in [2.75, 3.05) is 20.3 Å². The van der Waals surface area contributed by atoms with Gasteiger partial charge >= 0.3 is 0 Å². The van der Waals surface area contributed by atoms with Crippen LogP contribution in [-0.4, -0.2) is 42.1 Å². The summed E-state index contributed by atoms with van der Waals surface area (Å²) in [4.78, 5) is 24.7. The van der Waals surface area contributed by atoms with Crippen LogP contribution in [0, 0.1) is 0 Å². The van der Waals surface area contributed by atoms with E-state index in [9.17, 15) is 9.59 Å². The summed E-state index contributed by atoms with van der Waals surface area (Å²) >= 11 is 0. The lowest BCUT2D eigenvalue weighted by molar-refractivity contribution is 0.0849. The number of nitrogens with zero attached hydrogens (tertiary/aromatic N) is 2. The van der Waals surface area contributed by atoms with Crippen molar-refractivity contribution in [2.24, 2.45) is 0 Å². The minimum Gasteiger partial charge on any atom is -0.494 e. The molecule has 1 unspecified atom stereocenters. The summed E-state index contributed by atoms with van der Waals surface area (Å²) in [7, 11) is 1.40. The third kappa shape index (κ3) is 3.46. The summed E-state index contributed by atoms with van der Waals surface area (Å²) in [6.07, 6.45) is 1.95. The van der Waals surface area contributed by atoms with Gasteiger partial charge in [-0.05, 0) is 25.0 Å². The molecule has 0 spiro atoms. The summed E-state index contributed by atoms with van der Waals surface area (Å²) in [5, 5.41) is 6.98. The van der Waals surface area contributed by atoms with E-state index < -0.39 is 5.91 Å². The van der Waals surface area contributed by atoms with Gasteiger partial charge in [-0.1, -0.05) is 18.2 Å². The van der Waals surface area contributed by atoms with Gasteiger partial charge in [0.25, 0.3) is 11.5 Å². The van der Waals surface area contributed by atoms with Crippen molar-refractivity contribution < 1.29 is 14.3 Å². The lowest BCUT2D eigenvalue weighted by Gasteiger charge is -2.13. The summed E-state index contributed by atoms with van der Waals surface area (Å²) in [5.41, 5.74) is 0.283. The van der Waals surface area contributed by atoms with Crippen LogP contribution < -0.4 is 15.6 Å². The average Bonchev–Trinajstić information content (AvgIpc) is 3.13. The summed E-state index contributed by atoms with van der Waals surface area (Å²) < 4.78 is 11.8. The third-order valence-corrected chi connectivity index (χ3v) is 3.85. The molecule has 1 aliphatic heterocycles. The van der Waals surface area contributed by atoms with Crippen molar-refractivity contribution in [1.29, 1.82) is 0 Å². The monoisotopic (exact) mass is 329 g/mol. The molecule has 2 heterocycles. The van der Waals surface area contributed by atoms with Crippen LogP contribution in [0.4, 0.5) is 0 Å². The molecule has 1 N–H and O–H groups in total. The number of rotatable bonds is 5. The molecule has 1 aliphatic rings. The van der Waals surface area contributed by atoms with Gasteiger partial charge in [-0.15, -0.1) is 0 Å². The topological polar surface area (TPSA) is 82.5 Å². The first-order valence-corrected chi connectivity index (χ1v) is 7.82. The Morgan fingerprint density at radius 1 is 1.42 bits per heavy atom. The average molecular weight is 329 g/mol. The van der Waals surface area contributed by atoms with E-state index >= 15 is 0 Å². The Morgan fingerprint density at radius 2 is 2.21 bits per heavy atom. The quantitative estimate of drug-likeness (QED) is 0.890. The first-order chi connectivity index (χ1) is 11.7. The van der Waals surface area contributed by atoms with Gasteiger partial charge in [0.1, 0.15) is 0 Å². The molecule has 0 radical (unpaired) electrons. The van der Waals surface area contributed by atoms with Crippen molar-refractivity contribution in [3.8, 4) is 11.4 Å². The van der Waals surface area contributed by atoms with E-state index in [0.717, 1.165) is 19.4 Å². The van der Waals surface area contributed by atoms with Gasteiger partial charge in [0.05, 0.1) is 25.0 Å². The Hall–Kier alpha value is -2.67. The van der Waals surface area contributed by atoms with Gasteiger partial charge in [0, 0.05) is 13.2 Å². The highest BCUT2D eigenvalue weighted by Crippen LogP contribution is 2.15. The number of hydrogen-bond donors (Lipinski definition) is 1. The van der Waals surface area contributed by atoms with Gasteiger partial charge in [0.15, 0.2) is 11.4 Å². The molecule has 1 aromatic heterocycles. The summed E-state index contributed by atoms with van der Waals surface area (Å²) in [6, 6.07) is 10.2. The molecular formula is C17H19N3O4. The number of para-hydroxylation sites is 1. The second-order valence-electron chi connectivity index (χ2n) is 5.49. The number of amides is 1. The second-order valence-corrected chi connectivity index (χ2v) is 5.49. The molecule has 1 amide bonds. The van der Waals surface area contributed by atoms with Gasteiger partial charge in [0.2, 0.25) is 0 Å². The van der Waals surface area contributed by atoms with E-state index in [-0.39, 0.29) is 23.1 Å². The molecule has 2 aromatic rings. The fourth-order valence-corrected chi connectivity index (χ4v) is 2.60. The number of ether oxygens (including phenoxy) is 2. The Morgan fingerprint density at radius 3 is 2.88 bits per heavy atom. The van der Waals surface area contributed by atoms with E-state index in [0.29, 0.717) is 12.2 Å². The molecule has 1 saturated heterocycles. The normalized spacial score (nSPS) is 16.8. The zero-order valence-corrected chi connectivity index (χ0v) is 13.4. The van der Waals surface area contributed by atoms with E-state index in [4.69, 9.17) is 9.47 Å². The first-order valence-electron chi connectivity index (χ1n) is 7.82. The van der Waals surface area contributed by atoms with Crippen LogP contribution in [0.1, 0.15) is 23.3 Å². The van der Waals surface area contributed by atoms with Crippen LogP contribution in [0.2, 0.25) is 0 Å². The predicted molar refractivity (Wildman–Crippen MR) is 87.7 cm³/mol. The Labute approximate surface area is 139 Å². The molecule has 1 atom stereocenters.